The first-order chi connectivity index (χ1) is 17.3. The van der Waals surface area contributed by atoms with Crippen LogP contribution in [0.1, 0.15) is 122 Å². The quantitative estimate of drug-likeness (QED) is 0.211. The lowest BCUT2D eigenvalue weighted by Gasteiger charge is -2.29. The fourth-order valence-electron chi connectivity index (χ4n) is 5.71. The second-order valence-electron chi connectivity index (χ2n) is 11.0. The monoisotopic (exact) mass is 477 g/mol. The second-order valence-corrected chi connectivity index (χ2v) is 11.0. The molecule has 0 radical (unpaired) electrons. The lowest BCUT2D eigenvalue weighted by molar-refractivity contribution is 0.239. The number of nitrogens with zero attached hydrogens (tertiary/aromatic N) is 1. The zero-order valence-electron chi connectivity index (χ0n) is 22.8. The van der Waals surface area contributed by atoms with Crippen LogP contribution in [-0.4, -0.2) is 11.6 Å². The van der Waals surface area contributed by atoms with E-state index in [0.29, 0.717) is 0 Å². The molecule has 0 N–H and O–H groups in total. The molecule has 0 aliphatic heterocycles. The predicted molar refractivity (Wildman–Crippen MR) is 151 cm³/mol. The van der Waals surface area contributed by atoms with E-state index in [9.17, 15) is 0 Å². The third-order valence-electron chi connectivity index (χ3n) is 7.95. The SMILES string of the molecule is CCCCCCCCC1CCCC(CCc2ccc(-c3ccc(OCCCCCC)cn3)cc2)C1. The van der Waals surface area contributed by atoms with Gasteiger partial charge in [-0.25, -0.2) is 0 Å². The largest absolute Gasteiger partial charge is 0.492 e. The van der Waals surface area contributed by atoms with Crippen molar-refractivity contribution in [2.45, 2.75) is 123 Å². The van der Waals surface area contributed by atoms with Crippen molar-refractivity contribution in [1.82, 2.24) is 4.98 Å². The average Bonchev–Trinajstić information content (AvgIpc) is 2.90. The van der Waals surface area contributed by atoms with Crippen LogP contribution in [0.4, 0.5) is 0 Å². The lowest BCUT2D eigenvalue weighted by atomic mass is 9.77. The molecule has 1 aromatic heterocycles. The molecule has 1 heterocycles. The van der Waals surface area contributed by atoms with Gasteiger partial charge >= 0.3 is 0 Å². The smallest absolute Gasteiger partial charge is 0.137 e. The van der Waals surface area contributed by atoms with Crippen molar-refractivity contribution in [3.63, 3.8) is 0 Å². The van der Waals surface area contributed by atoms with Gasteiger partial charge in [0.15, 0.2) is 0 Å². The molecule has 0 bridgehead atoms. The topological polar surface area (TPSA) is 22.1 Å². The van der Waals surface area contributed by atoms with Gasteiger partial charge in [0.25, 0.3) is 0 Å². The number of unbranched alkanes of at least 4 members (excludes halogenated alkanes) is 8. The van der Waals surface area contributed by atoms with Gasteiger partial charge in [-0.05, 0) is 55.2 Å². The van der Waals surface area contributed by atoms with Crippen LogP contribution in [0.15, 0.2) is 42.6 Å². The van der Waals surface area contributed by atoms with Gasteiger partial charge < -0.3 is 4.74 Å². The zero-order chi connectivity index (χ0) is 24.6. The van der Waals surface area contributed by atoms with E-state index in [1.165, 1.54) is 114 Å². The van der Waals surface area contributed by atoms with E-state index in [0.717, 1.165) is 36.3 Å². The first-order valence-electron chi connectivity index (χ1n) is 15.0. The van der Waals surface area contributed by atoms with E-state index in [1.807, 2.05) is 6.20 Å². The summed E-state index contributed by atoms with van der Waals surface area (Å²) in [6.07, 6.45) is 25.3. The normalized spacial score (nSPS) is 18.0. The number of hydrogen-bond donors (Lipinski definition) is 0. The fraction of sp³-hybridized carbons (Fsp3) is 0.667. The number of ether oxygens (including phenoxy) is 1. The summed E-state index contributed by atoms with van der Waals surface area (Å²) in [7, 11) is 0. The van der Waals surface area contributed by atoms with Crippen LogP contribution in [0.2, 0.25) is 0 Å². The summed E-state index contributed by atoms with van der Waals surface area (Å²) in [4.78, 5) is 4.64. The molecule has 194 valence electrons. The maximum atomic E-state index is 5.84. The molecule has 2 atom stereocenters. The Labute approximate surface area is 216 Å². The molecule has 0 amide bonds. The Hall–Kier alpha value is -1.83. The van der Waals surface area contributed by atoms with E-state index in [1.54, 1.807) is 0 Å². The summed E-state index contributed by atoms with van der Waals surface area (Å²) in [5, 5.41) is 0. The fourth-order valence-corrected chi connectivity index (χ4v) is 5.71. The van der Waals surface area contributed by atoms with E-state index in [2.05, 4.69) is 55.2 Å². The molecule has 35 heavy (non-hydrogen) atoms. The minimum atomic E-state index is 0.788. The summed E-state index contributed by atoms with van der Waals surface area (Å²) < 4.78 is 5.84. The number of benzene rings is 1. The second kappa shape index (κ2) is 16.8. The molecule has 3 rings (SSSR count). The van der Waals surface area contributed by atoms with Gasteiger partial charge in [0, 0.05) is 5.56 Å². The summed E-state index contributed by atoms with van der Waals surface area (Å²) in [6.45, 7) is 5.33. The van der Waals surface area contributed by atoms with Crippen molar-refractivity contribution in [3.05, 3.63) is 48.2 Å². The van der Waals surface area contributed by atoms with Crippen molar-refractivity contribution >= 4 is 0 Å². The zero-order valence-corrected chi connectivity index (χ0v) is 22.8. The molecule has 1 fully saturated rings. The third kappa shape index (κ3) is 10.8. The molecular weight excluding hydrogens is 426 g/mol. The highest BCUT2D eigenvalue weighted by Crippen LogP contribution is 2.35. The van der Waals surface area contributed by atoms with Gasteiger partial charge in [-0.1, -0.05) is 122 Å². The van der Waals surface area contributed by atoms with Crippen molar-refractivity contribution < 1.29 is 4.74 Å². The summed E-state index contributed by atoms with van der Waals surface area (Å²) >= 11 is 0. The van der Waals surface area contributed by atoms with Crippen LogP contribution in [-0.2, 0) is 6.42 Å². The summed E-state index contributed by atoms with van der Waals surface area (Å²) in [5.41, 5.74) is 3.69. The number of rotatable bonds is 17. The summed E-state index contributed by atoms with van der Waals surface area (Å²) in [5.74, 6) is 2.81. The first-order valence-corrected chi connectivity index (χ1v) is 15.0. The molecule has 0 saturated heterocycles. The van der Waals surface area contributed by atoms with Crippen molar-refractivity contribution in [1.29, 1.82) is 0 Å². The van der Waals surface area contributed by atoms with Gasteiger partial charge in [-0.2, -0.15) is 0 Å². The van der Waals surface area contributed by atoms with Crippen LogP contribution in [0.25, 0.3) is 11.3 Å². The molecular formula is C33H51NO. The van der Waals surface area contributed by atoms with Crippen LogP contribution in [0.3, 0.4) is 0 Å². The molecule has 2 aromatic rings. The van der Waals surface area contributed by atoms with Gasteiger partial charge in [0.05, 0.1) is 18.5 Å². The number of pyridine rings is 1. The predicted octanol–water partition coefficient (Wildman–Crippen LogP) is 10.2. The third-order valence-corrected chi connectivity index (χ3v) is 7.95. The number of aryl methyl sites for hydroxylation is 1. The van der Waals surface area contributed by atoms with Crippen molar-refractivity contribution in [2.24, 2.45) is 11.8 Å². The first kappa shape index (κ1) is 27.8. The van der Waals surface area contributed by atoms with Crippen molar-refractivity contribution in [3.8, 4) is 17.0 Å². The van der Waals surface area contributed by atoms with Crippen molar-refractivity contribution in [2.75, 3.05) is 6.61 Å². The highest BCUT2D eigenvalue weighted by molar-refractivity contribution is 5.59. The standard InChI is InChI=1S/C33H51NO/c1-3-5-7-9-10-11-14-29-15-13-16-30(26-29)18-17-28-19-21-31(22-20-28)33-24-23-32(27-34-33)35-25-12-8-6-4-2/h19-24,27,29-30H,3-18,25-26H2,1-2H3. The molecule has 1 saturated carbocycles. The van der Waals surface area contributed by atoms with Crippen LogP contribution in [0, 0.1) is 11.8 Å². The highest BCUT2D eigenvalue weighted by atomic mass is 16.5. The average molecular weight is 478 g/mol. The number of aromatic nitrogens is 1. The summed E-state index contributed by atoms with van der Waals surface area (Å²) in [6, 6.07) is 13.2. The van der Waals surface area contributed by atoms with Gasteiger partial charge in [0.1, 0.15) is 5.75 Å². The molecule has 2 unspecified atom stereocenters. The molecule has 1 aliphatic rings. The number of hydrogen-bond acceptors (Lipinski definition) is 2. The van der Waals surface area contributed by atoms with E-state index >= 15 is 0 Å². The maximum Gasteiger partial charge on any atom is 0.137 e. The Kier molecular flexibility index (Phi) is 13.3. The molecule has 2 nitrogen and oxygen atoms in total. The lowest BCUT2D eigenvalue weighted by Crippen LogP contribution is -2.16. The Morgan fingerprint density at radius 2 is 1.43 bits per heavy atom. The Morgan fingerprint density at radius 3 is 2.14 bits per heavy atom. The van der Waals surface area contributed by atoms with E-state index in [-0.39, 0.29) is 0 Å². The van der Waals surface area contributed by atoms with Gasteiger partial charge in [0.2, 0.25) is 0 Å². The minimum absolute atomic E-state index is 0.788. The molecule has 1 aliphatic carbocycles. The highest BCUT2D eigenvalue weighted by Gasteiger charge is 2.21. The Balaban J connectivity index is 1.36. The Bertz CT molecular complexity index is 782. The van der Waals surface area contributed by atoms with Gasteiger partial charge in [-0.3, -0.25) is 4.98 Å². The molecule has 0 spiro atoms. The van der Waals surface area contributed by atoms with Crippen LogP contribution in [0.5, 0.6) is 5.75 Å². The molecule has 1 aromatic carbocycles. The van der Waals surface area contributed by atoms with Crippen LogP contribution < -0.4 is 4.74 Å². The van der Waals surface area contributed by atoms with E-state index < -0.39 is 0 Å². The van der Waals surface area contributed by atoms with Gasteiger partial charge in [-0.15, -0.1) is 0 Å². The van der Waals surface area contributed by atoms with Crippen LogP contribution >= 0.6 is 0 Å². The Morgan fingerprint density at radius 1 is 0.743 bits per heavy atom. The molecule has 2 heteroatoms. The van der Waals surface area contributed by atoms with E-state index in [4.69, 9.17) is 4.74 Å². The minimum Gasteiger partial charge on any atom is -0.492 e. The maximum absolute atomic E-state index is 5.84.